The molecule has 2 unspecified atom stereocenters. The van der Waals surface area contributed by atoms with Crippen LogP contribution < -0.4 is 5.73 Å². The van der Waals surface area contributed by atoms with E-state index in [0.29, 0.717) is 11.6 Å². The third-order valence-electron chi connectivity index (χ3n) is 4.83. The van der Waals surface area contributed by atoms with Crippen LogP contribution in [0.5, 0.6) is 0 Å². The summed E-state index contributed by atoms with van der Waals surface area (Å²) >= 11 is 0. The van der Waals surface area contributed by atoms with Crippen LogP contribution in [0.3, 0.4) is 0 Å². The Kier molecular flexibility index (Phi) is 4.14. The minimum Gasteiger partial charge on any atom is -0.329 e. The number of hydrogen-bond donors (Lipinski definition) is 1. The van der Waals surface area contributed by atoms with Crippen molar-refractivity contribution in [2.24, 2.45) is 17.6 Å². The summed E-state index contributed by atoms with van der Waals surface area (Å²) in [5.41, 5.74) is 6.51. The SMILES string of the molecule is CC1CCCC(CN)(N(CC2CC2)C(C)C)C1. The van der Waals surface area contributed by atoms with Crippen LogP contribution in [0.4, 0.5) is 0 Å². The largest absolute Gasteiger partial charge is 0.329 e. The fourth-order valence-corrected chi connectivity index (χ4v) is 3.73. The maximum Gasteiger partial charge on any atom is 0.0337 e. The minimum absolute atomic E-state index is 0.314. The molecule has 2 nitrogen and oxygen atoms in total. The van der Waals surface area contributed by atoms with Gasteiger partial charge in [0.05, 0.1) is 0 Å². The molecular weight excluding hydrogens is 208 g/mol. The van der Waals surface area contributed by atoms with Crippen molar-refractivity contribution in [3.63, 3.8) is 0 Å². The zero-order chi connectivity index (χ0) is 12.5. The quantitative estimate of drug-likeness (QED) is 0.798. The van der Waals surface area contributed by atoms with E-state index in [1.807, 2.05) is 0 Å². The van der Waals surface area contributed by atoms with Crippen LogP contribution in [-0.4, -0.2) is 29.6 Å². The number of rotatable bonds is 5. The second-order valence-corrected chi connectivity index (χ2v) is 6.82. The van der Waals surface area contributed by atoms with E-state index >= 15 is 0 Å². The summed E-state index contributed by atoms with van der Waals surface area (Å²) in [4.78, 5) is 2.75. The molecule has 0 aromatic rings. The Morgan fingerprint density at radius 1 is 1.29 bits per heavy atom. The molecule has 2 aliphatic carbocycles. The van der Waals surface area contributed by atoms with Gasteiger partial charge in [0.25, 0.3) is 0 Å². The Morgan fingerprint density at radius 2 is 2.00 bits per heavy atom. The molecule has 0 amide bonds. The van der Waals surface area contributed by atoms with Gasteiger partial charge in [0.15, 0.2) is 0 Å². The molecule has 0 spiro atoms. The normalized spacial score (nSPS) is 34.6. The lowest BCUT2D eigenvalue weighted by Crippen LogP contribution is -2.59. The average molecular weight is 238 g/mol. The Balaban J connectivity index is 2.10. The lowest BCUT2D eigenvalue weighted by molar-refractivity contribution is 0.0111. The smallest absolute Gasteiger partial charge is 0.0337 e. The van der Waals surface area contributed by atoms with Crippen LogP contribution in [0.25, 0.3) is 0 Å². The minimum atomic E-state index is 0.314. The molecule has 2 heteroatoms. The molecule has 100 valence electrons. The van der Waals surface area contributed by atoms with E-state index in [2.05, 4.69) is 25.7 Å². The summed E-state index contributed by atoms with van der Waals surface area (Å²) in [5.74, 6) is 1.82. The third kappa shape index (κ3) is 3.03. The molecule has 2 rings (SSSR count). The van der Waals surface area contributed by atoms with E-state index in [4.69, 9.17) is 5.73 Å². The predicted molar refractivity (Wildman–Crippen MR) is 74.0 cm³/mol. The van der Waals surface area contributed by atoms with Crippen molar-refractivity contribution in [1.82, 2.24) is 4.90 Å². The molecular formula is C15H30N2. The molecule has 0 aliphatic heterocycles. The first-order chi connectivity index (χ1) is 8.07. The lowest BCUT2D eigenvalue weighted by atomic mass is 9.74. The maximum absolute atomic E-state index is 6.19. The summed E-state index contributed by atoms with van der Waals surface area (Å²) in [6.07, 6.45) is 8.29. The fraction of sp³-hybridized carbons (Fsp3) is 1.00. The van der Waals surface area contributed by atoms with Crippen molar-refractivity contribution in [1.29, 1.82) is 0 Å². The van der Waals surface area contributed by atoms with E-state index in [1.165, 1.54) is 45.1 Å². The van der Waals surface area contributed by atoms with E-state index in [9.17, 15) is 0 Å². The second kappa shape index (κ2) is 5.27. The van der Waals surface area contributed by atoms with E-state index in [0.717, 1.165) is 18.4 Å². The summed E-state index contributed by atoms with van der Waals surface area (Å²) in [6.45, 7) is 9.24. The van der Waals surface area contributed by atoms with Crippen LogP contribution in [0.1, 0.15) is 59.3 Å². The van der Waals surface area contributed by atoms with Crippen molar-refractivity contribution in [2.75, 3.05) is 13.1 Å². The summed E-state index contributed by atoms with van der Waals surface area (Å²) < 4.78 is 0. The van der Waals surface area contributed by atoms with Crippen molar-refractivity contribution in [2.45, 2.75) is 70.9 Å². The summed E-state index contributed by atoms with van der Waals surface area (Å²) in [7, 11) is 0. The van der Waals surface area contributed by atoms with Crippen molar-refractivity contribution < 1.29 is 0 Å². The zero-order valence-electron chi connectivity index (χ0n) is 11.9. The average Bonchev–Trinajstić information content (AvgIpc) is 3.09. The highest BCUT2D eigenvalue weighted by Gasteiger charge is 2.42. The molecule has 2 fully saturated rings. The van der Waals surface area contributed by atoms with Gasteiger partial charge in [-0.15, -0.1) is 0 Å². The predicted octanol–water partition coefficient (Wildman–Crippen LogP) is 3.01. The summed E-state index contributed by atoms with van der Waals surface area (Å²) in [6, 6.07) is 0.643. The number of hydrogen-bond acceptors (Lipinski definition) is 2. The van der Waals surface area contributed by atoms with E-state index in [-0.39, 0.29) is 0 Å². The Labute approximate surface area is 107 Å². The van der Waals surface area contributed by atoms with Crippen LogP contribution in [0.15, 0.2) is 0 Å². The number of nitrogens with two attached hydrogens (primary N) is 1. The van der Waals surface area contributed by atoms with Gasteiger partial charge in [-0.3, -0.25) is 4.90 Å². The van der Waals surface area contributed by atoms with Gasteiger partial charge in [-0.05, 0) is 51.4 Å². The van der Waals surface area contributed by atoms with Gasteiger partial charge in [-0.25, -0.2) is 0 Å². The third-order valence-corrected chi connectivity index (χ3v) is 4.83. The second-order valence-electron chi connectivity index (χ2n) is 6.82. The molecule has 0 aromatic heterocycles. The molecule has 0 bridgehead atoms. The van der Waals surface area contributed by atoms with Crippen LogP contribution >= 0.6 is 0 Å². The van der Waals surface area contributed by atoms with E-state index in [1.54, 1.807) is 0 Å². The highest BCUT2D eigenvalue weighted by molar-refractivity contribution is 4.98. The molecule has 0 radical (unpaired) electrons. The van der Waals surface area contributed by atoms with Crippen LogP contribution in [-0.2, 0) is 0 Å². The molecule has 2 atom stereocenters. The van der Waals surface area contributed by atoms with Crippen molar-refractivity contribution in [3.8, 4) is 0 Å². The summed E-state index contributed by atoms with van der Waals surface area (Å²) in [5, 5.41) is 0. The number of nitrogens with zero attached hydrogens (tertiary/aromatic N) is 1. The van der Waals surface area contributed by atoms with Gasteiger partial charge in [-0.1, -0.05) is 19.8 Å². The van der Waals surface area contributed by atoms with Gasteiger partial charge in [0.2, 0.25) is 0 Å². The van der Waals surface area contributed by atoms with Gasteiger partial charge >= 0.3 is 0 Å². The molecule has 17 heavy (non-hydrogen) atoms. The monoisotopic (exact) mass is 238 g/mol. The standard InChI is InChI=1S/C15H30N2/c1-12(2)17(10-14-6-7-14)15(11-16)8-4-5-13(3)9-15/h12-14H,4-11,16H2,1-3H3. The first-order valence-electron chi connectivity index (χ1n) is 7.54. The highest BCUT2D eigenvalue weighted by atomic mass is 15.2. The molecule has 0 aromatic carbocycles. The van der Waals surface area contributed by atoms with Crippen molar-refractivity contribution >= 4 is 0 Å². The lowest BCUT2D eigenvalue weighted by Gasteiger charge is -2.50. The fourth-order valence-electron chi connectivity index (χ4n) is 3.73. The first-order valence-corrected chi connectivity index (χ1v) is 7.54. The maximum atomic E-state index is 6.19. The Hall–Kier alpha value is -0.0800. The molecule has 0 saturated heterocycles. The van der Waals surface area contributed by atoms with Gasteiger partial charge in [0.1, 0.15) is 0 Å². The Bertz CT molecular complexity index is 247. The van der Waals surface area contributed by atoms with E-state index < -0.39 is 0 Å². The van der Waals surface area contributed by atoms with Gasteiger partial charge in [-0.2, -0.15) is 0 Å². The van der Waals surface area contributed by atoms with Gasteiger partial charge < -0.3 is 5.73 Å². The zero-order valence-corrected chi connectivity index (χ0v) is 11.9. The van der Waals surface area contributed by atoms with Crippen LogP contribution in [0.2, 0.25) is 0 Å². The molecule has 0 heterocycles. The van der Waals surface area contributed by atoms with Gasteiger partial charge in [0, 0.05) is 24.7 Å². The molecule has 2 saturated carbocycles. The highest BCUT2D eigenvalue weighted by Crippen LogP contribution is 2.40. The van der Waals surface area contributed by atoms with Crippen molar-refractivity contribution in [3.05, 3.63) is 0 Å². The van der Waals surface area contributed by atoms with Crippen LogP contribution in [0, 0.1) is 11.8 Å². The Morgan fingerprint density at radius 3 is 2.47 bits per heavy atom. The molecule has 2 N–H and O–H groups in total. The molecule has 2 aliphatic rings. The first kappa shape index (κ1) is 13.4. The topological polar surface area (TPSA) is 29.3 Å².